The van der Waals surface area contributed by atoms with Crippen LogP contribution in [0, 0.1) is 13.8 Å². The molecule has 0 aliphatic heterocycles. The Morgan fingerprint density at radius 1 is 1.10 bits per heavy atom. The summed E-state index contributed by atoms with van der Waals surface area (Å²) in [5, 5.41) is 4.31. The number of aryl methyl sites for hydroxylation is 2. The average Bonchev–Trinajstić information content (AvgIpc) is 2.86. The third kappa shape index (κ3) is 2.78. The van der Waals surface area contributed by atoms with Crippen molar-refractivity contribution in [3.05, 3.63) is 64.4 Å². The molecule has 3 nitrogen and oxygen atoms in total. The summed E-state index contributed by atoms with van der Waals surface area (Å²) in [5.41, 5.74) is 3.53. The highest BCUT2D eigenvalue weighted by atomic mass is 35.5. The Balaban J connectivity index is 1.91. The molecule has 0 aliphatic rings. The van der Waals surface area contributed by atoms with Gasteiger partial charge in [0.15, 0.2) is 5.76 Å². The second-order valence-electron chi connectivity index (χ2n) is 5.07. The molecule has 0 bridgehead atoms. The van der Waals surface area contributed by atoms with E-state index in [1.165, 1.54) is 0 Å². The number of nitrogens with one attached hydrogen (secondary N) is 1. The van der Waals surface area contributed by atoms with Crippen molar-refractivity contribution in [1.82, 2.24) is 0 Å². The number of furan rings is 1. The summed E-state index contributed by atoms with van der Waals surface area (Å²) in [4.78, 5) is 12.3. The van der Waals surface area contributed by atoms with Crippen LogP contribution >= 0.6 is 11.6 Å². The van der Waals surface area contributed by atoms with Gasteiger partial charge in [-0.1, -0.05) is 23.7 Å². The third-order valence-electron chi connectivity index (χ3n) is 3.34. The normalized spacial score (nSPS) is 10.8. The molecule has 0 aliphatic carbocycles. The highest BCUT2D eigenvalue weighted by molar-refractivity contribution is 6.31. The van der Waals surface area contributed by atoms with Gasteiger partial charge in [-0.05, 0) is 55.3 Å². The number of hydrogen-bond acceptors (Lipinski definition) is 2. The first-order valence-corrected chi connectivity index (χ1v) is 6.98. The Labute approximate surface area is 127 Å². The molecule has 0 atom stereocenters. The number of amides is 1. The maximum absolute atomic E-state index is 12.3. The topological polar surface area (TPSA) is 42.2 Å². The molecule has 1 heterocycles. The first-order valence-electron chi connectivity index (χ1n) is 6.60. The summed E-state index contributed by atoms with van der Waals surface area (Å²) in [6.45, 7) is 3.94. The lowest BCUT2D eigenvalue weighted by Gasteiger charge is -2.07. The first kappa shape index (κ1) is 13.7. The summed E-state index contributed by atoms with van der Waals surface area (Å²) in [5.74, 6) is 0.00388. The van der Waals surface area contributed by atoms with Gasteiger partial charge in [0.2, 0.25) is 0 Å². The summed E-state index contributed by atoms with van der Waals surface area (Å²) in [6, 6.07) is 12.9. The SMILES string of the molecule is Cc1ccc(C)c(NC(=O)c2cc3cc(Cl)ccc3o2)c1. The number of rotatable bonds is 2. The molecule has 0 saturated carbocycles. The lowest BCUT2D eigenvalue weighted by Crippen LogP contribution is -2.11. The van der Waals surface area contributed by atoms with Crippen LogP contribution in [0.15, 0.2) is 46.9 Å². The van der Waals surface area contributed by atoms with Crippen LogP contribution in [-0.2, 0) is 0 Å². The minimum Gasteiger partial charge on any atom is -0.451 e. The Hall–Kier alpha value is -2.26. The average molecular weight is 300 g/mol. The Bertz CT molecular complexity index is 836. The molecule has 3 rings (SSSR count). The Kier molecular flexibility index (Phi) is 3.43. The van der Waals surface area contributed by atoms with Crippen molar-refractivity contribution in [2.75, 3.05) is 5.32 Å². The van der Waals surface area contributed by atoms with Crippen molar-refractivity contribution in [3.63, 3.8) is 0 Å². The highest BCUT2D eigenvalue weighted by Crippen LogP contribution is 2.24. The van der Waals surface area contributed by atoms with Gasteiger partial charge in [-0.2, -0.15) is 0 Å². The molecule has 1 aromatic heterocycles. The van der Waals surface area contributed by atoms with Crippen LogP contribution in [0.1, 0.15) is 21.7 Å². The van der Waals surface area contributed by atoms with Crippen LogP contribution in [0.5, 0.6) is 0 Å². The first-order chi connectivity index (χ1) is 10.0. The Morgan fingerprint density at radius 3 is 2.71 bits per heavy atom. The molecule has 1 amide bonds. The molecule has 0 unspecified atom stereocenters. The summed E-state index contributed by atoms with van der Waals surface area (Å²) >= 11 is 5.93. The van der Waals surface area contributed by atoms with Crippen molar-refractivity contribution < 1.29 is 9.21 Å². The molecule has 106 valence electrons. The van der Waals surface area contributed by atoms with Crippen molar-refractivity contribution in [3.8, 4) is 0 Å². The zero-order valence-electron chi connectivity index (χ0n) is 11.7. The summed E-state index contributed by atoms with van der Waals surface area (Å²) < 4.78 is 5.56. The molecular weight excluding hydrogens is 286 g/mol. The molecule has 2 aromatic carbocycles. The van der Waals surface area contributed by atoms with Gasteiger partial charge in [0.05, 0.1) is 0 Å². The van der Waals surface area contributed by atoms with Crippen molar-refractivity contribution in [1.29, 1.82) is 0 Å². The molecule has 0 radical (unpaired) electrons. The molecule has 3 aromatic rings. The zero-order chi connectivity index (χ0) is 15.0. The minimum atomic E-state index is -0.268. The lowest BCUT2D eigenvalue weighted by molar-refractivity contribution is 0.0998. The van der Waals surface area contributed by atoms with Crippen LogP contribution < -0.4 is 5.32 Å². The number of anilines is 1. The van der Waals surface area contributed by atoms with Gasteiger partial charge in [0.25, 0.3) is 5.91 Å². The van der Waals surface area contributed by atoms with Crippen LogP contribution in [0.25, 0.3) is 11.0 Å². The molecule has 4 heteroatoms. The van der Waals surface area contributed by atoms with Gasteiger partial charge in [-0.25, -0.2) is 0 Å². The van der Waals surface area contributed by atoms with E-state index in [0.717, 1.165) is 22.2 Å². The van der Waals surface area contributed by atoms with Gasteiger partial charge in [0, 0.05) is 16.1 Å². The van der Waals surface area contributed by atoms with E-state index >= 15 is 0 Å². The fourth-order valence-electron chi connectivity index (χ4n) is 2.18. The van der Waals surface area contributed by atoms with Gasteiger partial charge in [-0.15, -0.1) is 0 Å². The minimum absolute atomic E-state index is 0.268. The van der Waals surface area contributed by atoms with E-state index in [-0.39, 0.29) is 11.7 Å². The number of carbonyl (C=O) groups is 1. The number of carbonyl (C=O) groups excluding carboxylic acids is 1. The Morgan fingerprint density at radius 2 is 1.90 bits per heavy atom. The van der Waals surface area contributed by atoms with Crippen LogP contribution in [0.2, 0.25) is 5.02 Å². The second kappa shape index (κ2) is 5.26. The van der Waals surface area contributed by atoms with E-state index in [0.29, 0.717) is 10.6 Å². The quantitative estimate of drug-likeness (QED) is 0.727. The van der Waals surface area contributed by atoms with E-state index in [1.54, 1.807) is 24.3 Å². The van der Waals surface area contributed by atoms with E-state index < -0.39 is 0 Å². The second-order valence-corrected chi connectivity index (χ2v) is 5.50. The highest BCUT2D eigenvalue weighted by Gasteiger charge is 2.13. The molecular formula is C17H14ClNO2. The molecule has 21 heavy (non-hydrogen) atoms. The molecule has 0 spiro atoms. The lowest BCUT2D eigenvalue weighted by atomic mass is 10.1. The van der Waals surface area contributed by atoms with Gasteiger partial charge in [-0.3, -0.25) is 4.79 Å². The number of halogens is 1. The number of hydrogen-bond donors (Lipinski definition) is 1. The number of fused-ring (bicyclic) bond motifs is 1. The molecule has 0 fully saturated rings. The van der Waals surface area contributed by atoms with Crippen molar-refractivity contribution in [2.24, 2.45) is 0 Å². The fraction of sp³-hybridized carbons (Fsp3) is 0.118. The van der Waals surface area contributed by atoms with Crippen LogP contribution in [-0.4, -0.2) is 5.91 Å². The maximum Gasteiger partial charge on any atom is 0.291 e. The predicted molar refractivity (Wildman–Crippen MR) is 85.1 cm³/mol. The standard InChI is InChI=1S/C17H14ClNO2/c1-10-3-4-11(2)14(7-10)19-17(20)16-9-12-8-13(18)5-6-15(12)21-16/h3-9H,1-2H3,(H,19,20). The van der Waals surface area contributed by atoms with Crippen LogP contribution in [0.3, 0.4) is 0 Å². The van der Waals surface area contributed by atoms with E-state index in [2.05, 4.69) is 5.32 Å². The monoisotopic (exact) mass is 299 g/mol. The number of benzene rings is 2. The summed E-state index contributed by atoms with van der Waals surface area (Å²) in [7, 11) is 0. The van der Waals surface area contributed by atoms with E-state index in [4.69, 9.17) is 16.0 Å². The van der Waals surface area contributed by atoms with Crippen molar-refractivity contribution in [2.45, 2.75) is 13.8 Å². The molecule has 0 saturated heterocycles. The van der Waals surface area contributed by atoms with Crippen molar-refractivity contribution >= 4 is 34.2 Å². The largest absolute Gasteiger partial charge is 0.451 e. The fourth-order valence-corrected chi connectivity index (χ4v) is 2.36. The van der Waals surface area contributed by atoms with Gasteiger partial charge >= 0.3 is 0 Å². The van der Waals surface area contributed by atoms with Crippen LogP contribution in [0.4, 0.5) is 5.69 Å². The van der Waals surface area contributed by atoms with E-state index in [9.17, 15) is 4.79 Å². The third-order valence-corrected chi connectivity index (χ3v) is 3.58. The molecule has 1 N–H and O–H groups in total. The smallest absolute Gasteiger partial charge is 0.291 e. The maximum atomic E-state index is 12.3. The van der Waals surface area contributed by atoms with Gasteiger partial charge in [0.1, 0.15) is 5.58 Å². The van der Waals surface area contributed by atoms with E-state index in [1.807, 2.05) is 32.0 Å². The van der Waals surface area contributed by atoms with Gasteiger partial charge < -0.3 is 9.73 Å². The zero-order valence-corrected chi connectivity index (χ0v) is 12.5. The summed E-state index contributed by atoms with van der Waals surface area (Å²) in [6.07, 6.45) is 0. The predicted octanol–water partition coefficient (Wildman–Crippen LogP) is 4.96.